The summed E-state index contributed by atoms with van der Waals surface area (Å²) in [5.41, 5.74) is 3.42. The van der Waals surface area contributed by atoms with E-state index in [1.54, 1.807) is 6.07 Å². The van der Waals surface area contributed by atoms with Gasteiger partial charge in [0.2, 0.25) is 0 Å². The van der Waals surface area contributed by atoms with Crippen LogP contribution in [0.5, 0.6) is 0 Å². The van der Waals surface area contributed by atoms with E-state index >= 15 is 0 Å². The first-order valence-electron chi connectivity index (χ1n) is 7.78. The lowest BCUT2D eigenvalue weighted by molar-refractivity contribution is 0.0946. The number of hydrogen-bond acceptors (Lipinski definition) is 4. The number of nitrogens with one attached hydrogen (secondary N) is 2. The summed E-state index contributed by atoms with van der Waals surface area (Å²) in [4.78, 5) is 20.5. The molecule has 0 aliphatic rings. The molecule has 1 aromatic heterocycles. The highest BCUT2D eigenvalue weighted by molar-refractivity contribution is 9.10. The molecule has 6 heteroatoms. The number of halogens is 1. The van der Waals surface area contributed by atoms with Gasteiger partial charge >= 0.3 is 0 Å². The van der Waals surface area contributed by atoms with Crippen molar-refractivity contribution in [3.8, 4) is 0 Å². The molecule has 25 heavy (non-hydrogen) atoms. The fourth-order valence-electron chi connectivity index (χ4n) is 2.24. The Balaban J connectivity index is 1.65. The van der Waals surface area contributed by atoms with Crippen LogP contribution in [0.2, 0.25) is 0 Å². The van der Waals surface area contributed by atoms with Crippen molar-refractivity contribution in [2.24, 2.45) is 0 Å². The van der Waals surface area contributed by atoms with Crippen LogP contribution in [0.1, 0.15) is 21.6 Å². The Labute approximate surface area is 154 Å². The number of amides is 1. The SMILES string of the molecule is Cc1ccc(CNC(=O)c2cc(Nc3cccc(Br)c3)ncn2)cc1. The number of carbonyl (C=O) groups is 1. The summed E-state index contributed by atoms with van der Waals surface area (Å²) < 4.78 is 0.961. The van der Waals surface area contributed by atoms with E-state index in [0.29, 0.717) is 18.1 Å². The maximum Gasteiger partial charge on any atom is 0.270 e. The van der Waals surface area contributed by atoms with Gasteiger partial charge in [0.05, 0.1) is 0 Å². The van der Waals surface area contributed by atoms with Gasteiger partial charge in [0.1, 0.15) is 17.8 Å². The van der Waals surface area contributed by atoms with Gasteiger partial charge in [-0.05, 0) is 30.7 Å². The third-order valence-electron chi connectivity index (χ3n) is 3.57. The Morgan fingerprint density at radius 1 is 1.08 bits per heavy atom. The van der Waals surface area contributed by atoms with E-state index in [2.05, 4.69) is 36.5 Å². The zero-order valence-electron chi connectivity index (χ0n) is 13.7. The average Bonchev–Trinajstić information content (AvgIpc) is 2.61. The van der Waals surface area contributed by atoms with Gasteiger partial charge in [-0.15, -0.1) is 0 Å². The van der Waals surface area contributed by atoms with Crippen LogP contribution in [-0.4, -0.2) is 15.9 Å². The molecule has 0 unspecified atom stereocenters. The second-order valence-electron chi connectivity index (χ2n) is 5.59. The Morgan fingerprint density at radius 3 is 2.64 bits per heavy atom. The summed E-state index contributed by atoms with van der Waals surface area (Å²) in [5.74, 6) is 0.328. The lowest BCUT2D eigenvalue weighted by atomic mass is 10.1. The molecule has 0 radical (unpaired) electrons. The van der Waals surface area contributed by atoms with Crippen molar-refractivity contribution in [3.05, 3.63) is 82.2 Å². The van der Waals surface area contributed by atoms with Gasteiger partial charge in [-0.25, -0.2) is 9.97 Å². The zero-order valence-corrected chi connectivity index (χ0v) is 15.2. The Bertz CT molecular complexity index is 881. The molecule has 0 bridgehead atoms. The molecule has 126 valence electrons. The number of nitrogens with zero attached hydrogens (tertiary/aromatic N) is 2. The molecule has 1 amide bonds. The minimum Gasteiger partial charge on any atom is -0.347 e. The fraction of sp³-hybridized carbons (Fsp3) is 0.105. The topological polar surface area (TPSA) is 66.9 Å². The lowest BCUT2D eigenvalue weighted by Gasteiger charge is -2.08. The number of anilines is 2. The quantitative estimate of drug-likeness (QED) is 0.677. The van der Waals surface area contributed by atoms with Crippen molar-refractivity contribution in [1.82, 2.24) is 15.3 Å². The van der Waals surface area contributed by atoms with Crippen molar-refractivity contribution < 1.29 is 4.79 Å². The zero-order chi connectivity index (χ0) is 17.6. The molecule has 2 aromatic carbocycles. The molecule has 0 saturated heterocycles. The van der Waals surface area contributed by atoms with Gasteiger partial charge in [-0.1, -0.05) is 51.8 Å². The van der Waals surface area contributed by atoms with Crippen LogP contribution in [-0.2, 0) is 6.54 Å². The molecule has 3 aromatic rings. The van der Waals surface area contributed by atoms with Crippen LogP contribution in [0.3, 0.4) is 0 Å². The van der Waals surface area contributed by atoms with E-state index in [0.717, 1.165) is 15.7 Å². The molecule has 5 nitrogen and oxygen atoms in total. The number of aromatic nitrogens is 2. The maximum absolute atomic E-state index is 12.3. The Hall–Kier alpha value is -2.73. The van der Waals surface area contributed by atoms with Gasteiger partial charge in [0, 0.05) is 22.8 Å². The van der Waals surface area contributed by atoms with Crippen LogP contribution in [0.15, 0.2) is 65.4 Å². The van der Waals surface area contributed by atoms with Crippen LogP contribution in [0.4, 0.5) is 11.5 Å². The van der Waals surface area contributed by atoms with Gasteiger partial charge in [-0.2, -0.15) is 0 Å². The van der Waals surface area contributed by atoms with Crippen molar-refractivity contribution in [2.75, 3.05) is 5.32 Å². The summed E-state index contributed by atoms with van der Waals surface area (Å²) in [6.45, 7) is 2.49. The minimum atomic E-state index is -0.236. The Kier molecular flexibility index (Phi) is 5.40. The monoisotopic (exact) mass is 396 g/mol. The molecule has 0 aliphatic heterocycles. The number of carbonyl (C=O) groups excluding carboxylic acids is 1. The third-order valence-corrected chi connectivity index (χ3v) is 4.06. The van der Waals surface area contributed by atoms with Crippen molar-refractivity contribution in [1.29, 1.82) is 0 Å². The number of hydrogen-bond donors (Lipinski definition) is 2. The second kappa shape index (κ2) is 7.90. The molecule has 0 fully saturated rings. The van der Waals surface area contributed by atoms with Crippen LogP contribution >= 0.6 is 15.9 Å². The van der Waals surface area contributed by atoms with Crippen LogP contribution < -0.4 is 10.6 Å². The molecule has 0 saturated carbocycles. The molecule has 3 rings (SSSR count). The summed E-state index contributed by atoms with van der Waals surface area (Å²) >= 11 is 3.42. The predicted molar refractivity (Wildman–Crippen MR) is 102 cm³/mol. The number of aryl methyl sites for hydroxylation is 1. The smallest absolute Gasteiger partial charge is 0.270 e. The van der Waals surface area contributed by atoms with Crippen molar-refractivity contribution >= 4 is 33.3 Å². The normalized spacial score (nSPS) is 10.3. The van der Waals surface area contributed by atoms with E-state index in [9.17, 15) is 4.79 Å². The standard InChI is InChI=1S/C19H17BrN4O/c1-13-5-7-14(8-6-13)11-21-19(25)17-10-18(23-12-22-17)24-16-4-2-3-15(20)9-16/h2-10,12H,11H2,1H3,(H,21,25)(H,22,23,24). The molecule has 0 atom stereocenters. The summed E-state index contributed by atoms with van der Waals surface area (Å²) in [5, 5.41) is 6.03. The fourth-order valence-corrected chi connectivity index (χ4v) is 2.64. The predicted octanol–water partition coefficient (Wildman–Crippen LogP) is 4.22. The maximum atomic E-state index is 12.3. The molecule has 1 heterocycles. The van der Waals surface area contributed by atoms with E-state index in [-0.39, 0.29) is 5.91 Å². The Morgan fingerprint density at radius 2 is 1.88 bits per heavy atom. The van der Waals surface area contributed by atoms with Crippen molar-refractivity contribution in [3.63, 3.8) is 0 Å². The summed E-state index contributed by atoms with van der Waals surface area (Å²) in [7, 11) is 0. The molecule has 0 spiro atoms. The van der Waals surface area contributed by atoms with Gasteiger partial charge in [0.25, 0.3) is 5.91 Å². The second-order valence-corrected chi connectivity index (χ2v) is 6.51. The first-order chi connectivity index (χ1) is 12.1. The van der Waals surface area contributed by atoms with E-state index in [1.807, 2.05) is 55.5 Å². The van der Waals surface area contributed by atoms with Crippen LogP contribution in [0.25, 0.3) is 0 Å². The van der Waals surface area contributed by atoms with Crippen LogP contribution in [0, 0.1) is 6.92 Å². The van der Waals surface area contributed by atoms with Crippen molar-refractivity contribution in [2.45, 2.75) is 13.5 Å². The molecule has 2 N–H and O–H groups in total. The highest BCUT2D eigenvalue weighted by atomic mass is 79.9. The lowest BCUT2D eigenvalue weighted by Crippen LogP contribution is -2.24. The minimum absolute atomic E-state index is 0.236. The highest BCUT2D eigenvalue weighted by Gasteiger charge is 2.09. The summed E-state index contributed by atoms with van der Waals surface area (Å²) in [6, 6.07) is 17.4. The van der Waals surface area contributed by atoms with E-state index in [1.165, 1.54) is 11.9 Å². The van der Waals surface area contributed by atoms with Gasteiger partial charge < -0.3 is 10.6 Å². The molecular weight excluding hydrogens is 380 g/mol. The summed E-state index contributed by atoms with van der Waals surface area (Å²) in [6.07, 6.45) is 1.38. The van der Waals surface area contributed by atoms with E-state index < -0.39 is 0 Å². The third kappa shape index (κ3) is 4.87. The van der Waals surface area contributed by atoms with Gasteiger partial charge in [-0.3, -0.25) is 4.79 Å². The highest BCUT2D eigenvalue weighted by Crippen LogP contribution is 2.19. The largest absolute Gasteiger partial charge is 0.347 e. The van der Waals surface area contributed by atoms with Gasteiger partial charge in [0.15, 0.2) is 0 Å². The molecular formula is C19H17BrN4O. The molecule has 0 aliphatic carbocycles. The number of rotatable bonds is 5. The first-order valence-corrected chi connectivity index (χ1v) is 8.58. The first kappa shape index (κ1) is 17.1. The van der Waals surface area contributed by atoms with E-state index in [4.69, 9.17) is 0 Å². The average molecular weight is 397 g/mol. The number of benzene rings is 2.